The second-order valence-corrected chi connectivity index (χ2v) is 2.78. The largest absolute Gasteiger partial charge is 0.368 e. The molecule has 1 rings (SSSR count). The first-order valence-electron chi connectivity index (χ1n) is 4.15. The first kappa shape index (κ1) is 10.1. The first-order valence-corrected chi connectivity index (χ1v) is 4.15. The van der Waals surface area contributed by atoms with E-state index >= 15 is 0 Å². The van der Waals surface area contributed by atoms with Crippen LogP contribution in [0.4, 0.5) is 8.78 Å². The second-order valence-electron chi connectivity index (χ2n) is 2.78. The molecule has 3 heteroatoms. The summed E-state index contributed by atoms with van der Waals surface area (Å²) in [5.74, 6) is 0. The molecule has 1 nitrogen and oxygen atoms in total. The van der Waals surface area contributed by atoms with Crippen molar-refractivity contribution in [3.8, 4) is 0 Å². The Balaban J connectivity index is 2.44. The van der Waals surface area contributed by atoms with Crippen LogP contribution >= 0.6 is 0 Å². The van der Waals surface area contributed by atoms with Crippen LogP contribution in [0.3, 0.4) is 0 Å². The molecule has 72 valence electrons. The molecule has 0 saturated carbocycles. The summed E-state index contributed by atoms with van der Waals surface area (Å²) in [4.78, 5) is 0. The minimum Gasteiger partial charge on any atom is -0.368 e. The van der Waals surface area contributed by atoms with E-state index in [1.54, 1.807) is 6.92 Å². The minimum absolute atomic E-state index is 0.268. The third kappa shape index (κ3) is 3.51. The van der Waals surface area contributed by atoms with Crippen molar-refractivity contribution in [1.29, 1.82) is 0 Å². The predicted octanol–water partition coefficient (Wildman–Crippen LogP) is 3.03. The normalized spacial score (nSPS) is 13.2. The van der Waals surface area contributed by atoms with E-state index in [0.717, 1.165) is 5.56 Å². The Morgan fingerprint density at radius 3 is 2.38 bits per heavy atom. The van der Waals surface area contributed by atoms with Crippen molar-refractivity contribution in [2.24, 2.45) is 0 Å². The molecule has 1 atom stereocenters. The molecule has 0 amide bonds. The molecule has 0 saturated heterocycles. The summed E-state index contributed by atoms with van der Waals surface area (Å²) >= 11 is 0. The fourth-order valence-corrected chi connectivity index (χ4v) is 1.04. The van der Waals surface area contributed by atoms with Gasteiger partial charge in [0, 0.05) is 0 Å². The Morgan fingerprint density at radius 1 is 1.23 bits per heavy atom. The fraction of sp³-hybridized carbons (Fsp3) is 0.400. The van der Waals surface area contributed by atoms with Gasteiger partial charge in [0.2, 0.25) is 0 Å². The van der Waals surface area contributed by atoms with Crippen molar-refractivity contribution in [3.63, 3.8) is 0 Å². The summed E-state index contributed by atoms with van der Waals surface area (Å²) in [5.41, 5.74) is 0.920. The molecule has 0 N–H and O–H groups in total. The van der Waals surface area contributed by atoms with Gasteiger partial charge >= 0.3 is 0 Å². The van der Waals surface area contributed by atoms with Crippen LogP contribution in [0.25, 0.3) is 0 Å². The van der Waals surface area contributed by atoms with Gasteiger partial charge in [-0.05, 0) is 12.5 Å². The molecule has 0 heterocycles. The maximum atomic E-state index is 11.8. The molecule has 1 unspecified atom stereocenters. The van der Waals surface area contributed by atoms with Crippen LogP contribution in [0, 0.1) is 0 Å². The van der Waals surface area contributed by atoms with Gasteiger partial charge in [0.15, 0.2) is 0 Å². The van der Waals surface area contributed by atoms with Gasteiger partial charge < -0.3 is 4.74 Å². The van der Waals surface area contributed by atoms with Gasteiger partial charge in [0.25, 0.3) is 6.43 Å². The molecular formula is C10H12F2O. The Kier molecular flexibility index (Phi) is 3.83. The Labute approximate surface area is 76.3 Å². The average molecular weight is 186 g/mol. The quantitative estimate of drug-likeness (QED) is 0.702. The monoisotopic (exact) mass is 186 g/mol. The lowest BCUT2D eigenvalue weighted by Gasteiger charge is -2.12. The molecule has 0 bridgehead atoms. The maximum Gasteiger partial charge on any atom is 0.261 e. The first-order chi connectivity index (χ1) is 6.20. The number of ether oxygens (including phenoxy) is 1. The van der Waals surface area contributed by atoms with E-state index < -0.39 is 13.0 Å². The smallest absolute Gasteiger partial charge is 0.261 e. The molecule has 0 spiro atoms. The van der Waals surface area contributed by atoms with Gasteiger partial charge in [-0.2, -0.15) is 0 Å². The number of hydrogen-bond donors (Lipinski definition) is 0. The van der Waals surface area contributed by atoms with Crippen LogP contribution in [0.2, 0.25) is 0 Å². The van der Waals surface area contributed by atoms with Gasteiger partial charge in [0.05, 0.1) is 6.10 Å². The van der Waals surface area contributed by atoms with Crippen molar-refractivity contribution in [2.75, 3.05) is 6.61 Å². The van der Waals surface area contributed by atoms with Crippen LogP contribution in [0.1, 0.15) is 18.6 Å². The summed E-state index contributed by atoms with van der Waals surface area (Å²) < 4.78 is 28.5. The van der Waals surface area contributed by atoms with E-state index in [0.29, 0.717) is 0 Å². The molecule has 0 aliphatic heterocycles. The maximum absolute atomic E-state index is 11.8. The van der Waals surface area contributed by atoms with E-state index in [1.165, 1.54) is 0 Å². The van der Waals surface area contributed by atoms with E-state index in [1.807, 2.05) is 30.3 Å². The SMILES string of the molecule is CC(OCC(F)F)c1ccccc1. The lowest BCUT2D eigenvalue weighted by molar-refractivity contribution is -0.0181. The predicted molar refractivity (Wildman–Crippen MR) is 46.8 cm³/mol. The molecule has 0 aliphatic rings. The Morgan fingerprint density at radius 2 is 1.85 bits per heavy atom. The van der Waals surface area contributed by atoms with Crippen LogP contribution in [-0.4, -0.2) is 13.0 Å². The number of alkyl halides is 2. The standard InChI is InChI=1S/C10H12F2O/c1-8(13-7-10(11)12)9-5-3-2-4-6-9/h2-6,8,10H,7H2,1H3. The Bertz CT molecular complexity index is 236. The topological polar surface area (TPSA) is 9.23 Å². The molecule has 13 heavy (non-hydrogen) atoms. The zero-order chi connectivity index (χ0) is 9.68. The second kappa shape index (κ2) is 4.92. The number of hydrogen-bond acceptors (Lipinski definition) is 1. The summed E-state index contributed by atoms with van der Waals surface area (Å²) in [7, 11) is 0. The van der Waals surface area contributed by atoms with Crippen molar-refractivity contribution < 1.29 is 13.5 Å². The summed E-state index contributed by atoms with van der Waals surface area (Å²) in [6.45, 7) is 1.26. The summed E-state index contributed by atoms with van der Waals surface area (Å²) in [6.07, 6.45) is -2.67. The highest BCUT2D eigenvalue weighted by atomic mass is 19.3. The van der Waals surface area contributed by atoms with Crippen LogP contribution in [0.5, 0.6) is 0 Å². The minimum atomic E-state index is -2.40. The molecule has 1 aromatic carbocycles. The summed E-state index contributed by atoms with van der Waals surface area (Å²) in [6, 6.07) is 9.31. The molecule has 0 radical (unpaired) electrons. The van der Waals surface area contributed by atoms with Crippen LogP contribution < -0.4 is 0 Å². The van der Waals surface area contributed by atoms with Crippen molar-refractivity contribution >= 4 is 0 Å². The molecule has 0 aromatic heterocycles. The number of halogens is 2. The van der Waals surface area contributed by atoms with Gasteiger partial charge in [-0.1, -0.05) is 30.3 Å². The van der Waals surface area contributed by atoms with Crippen LogP contribution in [-0.2, 0) is 4.74 Å². The van der Waals surface area contributed by atoms with E-state index in [-0.39, 0.29) is 6.10 Å². The molecule has 0 aliphatic carbocycles. The number of rotatable bonds is 4. The highest BCUT2D eigenvalue weighted by Gasteiger charge is 2.08. The Hall–Kier alpha value is -0.960. The highest BCUT2D eigenvalue weighted by Crippen LogP contribution is 2.16. The molecule has 1 aromatic rings. The summed E-state index contributed by atoms with van der Waals surface area (Å²) in [5, 5.41) is 0. The van der Waals surface area contributed by atoms with Gasteiger partial charge in [-0.15, -0.1) is 0 Å². The van der Waals surface area contributed by atoms with E-state index in [9.17, 15) is 8.78 Å². The van der Waals surface area contributed by atoms with Crippen molar-refractivity contribution in [3.05, 3.63) is 35.9 Å². The molecular weight excluding hydrogens is 174 g/mol. The zero-order valence-corrected chi connectivity index (χ0v) is 7.41. The van der Waals surface area contributed by atoms with Gasteiger partial charge in [-0.3, -0.25) is 0 Å². The molecule has 0 fully saturated rings. The third-order valence-electron chi connectivity index (χ3n) is 1.74. The van der Waals surface area contributed by atoms with Crippen molar-refractivity contribution in [2.45, 2.75) is 19.5 Å². The van der Waals surface area contributed by atoms with E-state index in [4.69, 9.17) is 4.74 Å². The van der Waals surface area contributed by atoms with Crippen molar-refractivity contribution in [1.82, 2.24) is 0 Å². The third-order valence-corrected chi connectivity index (χ3v) is 1.74. The van der Waals surface area contributed by atoms with Gasteiger partial charge in [0.1, 0.15) is 6.61 Å². The highest BCUT2D eigenvalue weighted by molar-refractivity contribution is 5.16. The fourth-order valence-electron chi connectivity index (χ4n) is 1.04. The lowest BCUT2D eigenvalue weighted by atomic mass is 10.1. The van der Waals surface area contributed by atoms with Gasteiger partial charge in [-0.25, -0.2) is 8.78 Å². The zero-order valence-electron chi connectivity index (χ0n) is 7.41. The lowest BCUT2D eigenvalue weighted by Crippen LogP contribution is -2.07. The number of benzene rings is 1. The average Bonchev–Trinajstić information content (AvgIpc) is 2.15. The van der Waals surface area contributed by atoms with Crippen LogP contribution in [0.15, 0.2) is 30.3 Å². The van der Waals surface area contributed by atoms with E-state index in [2.05, 4.69) is 0 Å².